The number of sulfonamides is 1. The second-order valence-corrected chi connectivity index (χ2v) is 7.06. The summed E-state index contributed by atoms with van der Waals surface area (Å²) in [5.74, 6) is -0.0541. The minimum Gasteiger partial charge on any atom is -0.479 e. The average Bonchev–Trinajstić information content (AvgIpc) is 2.49. The van der Waals surface area contributed by atoms with E-state index in [4.69, 9.17) is 16.3 Å². The number of amides is 1. The van der Waals surface area contributed by atoms with E-state index < -0.39 is 16.1 Å². The van der Waals surface area contributed by atoms with E-state index in [2.05, 4.69) is 10.0 Å². The van der Waals surface area contributed by atoms with Crippen molar-refractivity contribution in [3.63, 3.8) is 0 Å². The molecule has 2 N–H and O–H groups in total. The Bertz CT molecular complexity index is 869. The fraction of sp³-hybridized carbons (Fsp3) is 0.133. The normalized spacial score (nSPS) is 17.0. The largest absolute Gasteiger partial charge is 0.479 e. The molecule has 0 bridgehead atoms. The minimum atomic E-state index is -3.88. The maximum atomic E-state index is 12.5. The number of nitrogens with one attached hydrogen (secondary N) is 2. The van der Waals surface area contributed by atoms with E-state index in [0.717, 1.165) is 0 Å². The molecular weight excluding hydrogens is 340 g/mol. The number of fused-ring (bicyclic) bond motifs is 1. The van der Waals surface area contributed by atoms with Crippen LogP contribution in [0.3, 0.4) is 0 Å². The molecule has 1 heterocycles. The second-order valence-electron chi connectivity index (χ2n) is 5.00. The minimum absolute atomic E-state index is 0.00867. The van der Waals surface area contributed by atoms with E-state index in [-0.39, 0.29) is 21.6 Å². The van der Waals surface area contributed by atoms with Crippen LogP contribution in [0.5, 0.6) is 5.75 Å². The lowest BCUT2D eigenvalue weighted by atomic mass is 10.2. The van der Waals surface area contributed by atoms with Crippen molar-refractivity contribution in [3.8, 4) is 5.75 Å². The maximum absolute atomic E-state index is 12.5. The van der Waals surface area contributed by atoms with Gasteiger partial charge in [0, 0.05) is 11.8 Å². The van der Waals surface area contributed by atoms with Crippen LogP contribution in [-0.4, -0.2) is 20.4 Å². The van der Waals surface area contributed by atoms with Crippen LogP contribution in [0.1, 0.15) is 6.92 Å². The Morgan fingerprint density at radius 2 is 1.91 bits per heavy atom. The first-order chi connectivity index (χ1) is 10.9. The van der Waals surface area contributed by atoms with Crippen LogP contribution < -0.4 is 14.8 Å². The van der Waals surface area contributed by atoms with Crippen molar-refractivity contribution < 1.29 is 17.9 Å². The standard InChI is InChI=1S/C15H13ClN2O4S/c1-9-15(19)17-12-7-11(16)14(8-13(12)22-9)23(20,21)18-10-5-3-2-4-6-10/h2-9,18H,1H3,(H,17,19). The first-order valence-electron chi connectivity index (χ1n) is 6.76. The molecule has 0 aliphatic carbocycles. The zero-order valence-corrected chi connectivity index (χ0v) is 13.6. The fourth-order valence-corrected chi connectivity index (χ4v) is 3.73. The van der Waals surface area contributed by atoms with Crippen molar-refractivity contribution >= 4 is 38.9 Å². The highest BCUT2D eigenvalue weighted by atomic mass is 35.5. The molecule has 0 saturated heterocycles. The molecule has 23 heavy (non-hydrogen) atoms. The van der Waals surface area contributed by atoms with Gasteiger partial charge in [-0.25, -0.2) is 8.42 Å². The van der Waals surface area contributed by atoms with Gasteiger partial charge in [-0.3, -0.25) is 9.52 Å². The Labute approximate surface area is 138 Å². The van der Waals surface area contributed by atoms with Crippen LogP contribution in [0.4, 0.5) is 11.4 Å². The van der Waals surface area contributed by atoms with Gasteiger partial charge in [-0.2, -0.15) is 0 Å². The van der Waals surface area contributed by atoms with Crippen molar-refractivity contribution in [3.05, 3.63) is 47.5 Å². The summed E-state index contributed by atoms with van der Waals surface area (Å²) in [5.41, 5.74) is 0.764. The Morgan fingerprint density at radius 3 is 2.61 bits per heavy atom. The van der Waals surface area contributed by atoms with Crippen LogP contribution in [0.2, 0.25) is 5.02 Å². The van der Waals surface area contributed by atoms with E-state index in [0.29, 0.717) is 11.4 Å². The van der Waals surface area contributed by atoms with Crippen molar-refractivity contribution in [2.45, 2.75) is 17.9 Å². The van der Waals surface area contributed by atoms with Gasteiger partial charge in [-0.05, 0) is 25.1 Å². The Kier molecular flexibility index (Phi) is 3.91. The van der Waals surface area contributed by atoms with Crippen molar-refractivity contribution in [1.29, 1.82) is 0 Å². The van der Waals surface area contributed by atoms with E-state index in [1.165, 1.54) is 12.1 Å². The molecule has 120 valence electrons. The van der Waals surface area contributed by atoms with Crippen molar-refractivity contribution in [2.24, 2.45) is 0 Å². The first-order valence-corrected chi connectivity index (χ1v) is 8.62. The number of benzene rings is 2. The van der Waals surface area contributed by atoms with E-state index >= 15 is 0 Å². The predicted molar refractivity (Wildman–Crippen MR) is 87.4 cm³/mol. The molecule has 0 spiro atoms. The molecule has 1 amide bonds. The van der Waals surface area contributed by atoms with Crippen molar-refractivity contribution in [2.75, 3.05) is 10.0 Å². The van der Waals surface area contributed by atoms with Gasteiger partial charge >= 0.3 is 0 Å². The van der Waals surface area contributed by atoms with Crippen molar-refractivity contribution in [1.82, 2.24) is 0 Å². The van der Waals surface area contributed by atoms with Gasteiger partial charge in [-0.1, -0.05) is 29.8 Å². The molecule has 1 aliphatic rings. The molecule has 0 radical (unpaired) electrons. The van der Waals surface area contributed by atoms with E-state index in [1.54, 1.807) is 37.3 Å². The van der Waals surface area contributed by atoms with Crippen LogP contribution in [0, 0.1) is 0 Å². The SMILES string of the molecule is CC1Oc2cc(S(=O)(=O)Nc3ccccc3)c(Cl)cc2NC1=O. The summed E-state index contributed by atoms with van der Waals surface area (Å²) in [6.45, 7) is 1.57. The zero-order valence-electron chi connectivity index (χ0n) is 12.0. The van der Waals surface area contributed by atoms with E-state index in [9.17, 15) is 13.2 Å². The topological polar surface area (TPSA) is 84.5 Å². The Morgan fingerprint density at radius 1 is 1.22 bits per heavy atom. The lowest BCUT2D eigenvalue weighted by Crippen LogP contribution is -2.34. The fourth-order valence-electron chi connectivity index (χ4n) is 2.13. The van der Waals surface area contributed by atoms with Gasteiger partial charge in [0.25, 0.3) is 15.9 Å². The molecular formula is C15H13ClN2O4S. The van der Waals surface area contributed by atoms with Crippen LogP contribution >= 0.6 is 11.6 Å². The lowest BCUT2D eigenvalue weighted by Gasteiger charge is -2.24. The van der Waals surface area contributed by atoms with Crippen LogP contribution in [-0.2, 0) is 14.8 Å². The quantitative estimate of drug-likeness (QED) is 0.889. The zero-order chi connectivity index (χ0) is 16.6. The third-order valence-corrected chi connectivity index (χ3v) is 5.13. The van der Waals surface area contributed by atoms with Gasteiger partial charge in [0.15, 0.2) is 6.10 Å². The number of hydrogen-bond acceptors (Lipinski definition) is 4. The number of anilines is 2. The molecule has 6 nitrogen and oxygen atoms in total. The summed E-state index contributed by atoms with van der Waals surface area (Å²) in [7, 11) is -3.88. The monoisotopic (exact) mass is 352 g/mol. The van der Waals surface area contributed by atoms with Gasteiger partial charge in [0.2, 0.25) is 0 Å². The lowest BCUT2D eigenvalue weighted by molar-refractivity contribution is -0.122. The highest BCUT2D eigenvalue weighted by molar-refractivity contribution is 7.92. The second kappa shape index (κ2) is 5.75. The number of carbonyl (C=O) groups is 1. The van der Waals surface area contributed by atoms with Gasteiger partial charge in [0.05, 0.1) is 10.7 Å². The summed E-state index contributed by atoms with van der Waals surface area (Å²) in [5, 5.41) is 2.61. The van der Waals surface area contributed by atoms with Gasteiger partial charge < -0.3 is 10.1 Å². The number of carbonyl (C=O) groups excluding carboxylic acids is 1. The third-order valence-electron chi connectivity index (χ3n) is 3.28. The summed E-state index contributed by atoms with van der Waals surface area (Å²) in [4.78, 5) is 11.5. The number of para-hydroxylation sites is 1. The maximum Gasteiger partial charge on any atom is 0.265 e. The third kappa shape index (κ3) is 3.11. The predicted octanol–water partition coefficient (Wildman–Crippen LogP) is 2.86. The molecule has 0 aromatic heterocycles. The first kappa shape index (κ1) is 15.6. The molecule has 2 aromatic carbocycles. The highest BCUT2D eigenvalue weighted by Gasteiger charge is 2.28. The molecule has 1 aliphatic heterocycles. The summed E-state index contributed by atoms with van der Waals surface area (Å²) in [6.07, 6.45) is -0.707. The Hall–Kier alpha value is -2.25. The molecule has 0 fully saturated rings. The highest BCUT2D eigenvalue weighted by Crippen LogP contribution is 2.37. The molecule has 0 saturated carbocycles. The van der Waals surface area contributed by atoms with Gasteiger partial charge in [0.1, 0.15) is 10.6 Å². The van der Waals surface area contributed by atoms with E-state index in [1.807, 2.05) is 0 Å². The smallest absolute Gasteiger partial charge is 0.265 e. The van der Waals surface area contributed by atoms with Gasteiger partial charge in [-0.15, -0.1) is 0 Å². The number of ether oxygens (including phenoxy) is 1. The molecule has 1 atom stereocenters. The number of rotatable bonds is 3. The molecule has 8 heteroatoms. The number of hydrogen-bond donors (Lipinski definition) is 2. The van der Waals surface area contributed by atoms with Crippen LogP contribution in [0.15, 0.2) is 47.4 Å². The molecule has 1 unspecified atom stereocenters. The molecule has 2 aromatic rings. The summed E-state index contributed by atoms with van der Waals surface area (Å²) < 4.78 is 32.9. The Balaban J connectivity index is 2.00. The molecule has 3 rings (SSSR count). The summed E-state index contributed by atoms with van der Waals surface area (Å²) >= 11 is 6.07. The number of halogens is 1. The average molecular weight is 353 g/mol. The summed E-state index contributed by atoms with van der Waals surface area (Å²) in [6, 6.07) is 11.1. The van der Waals surface area contributed by atoms with Crippen LogP contribution in [0.25, 0.3) is 0 Å².